The van der Waals surface area contributed by atoms with Crippen molar-refractivity contribution < 1.29 is 0 Å². The molecule has 1 rings (SSSR count). The van der Waals surface area contributed by atoms with Crippen LogP contribution in [0.4, 0.5) is 0 Å². The van der Waals surface area contributed by atoms with Crippen LogP contribution < -0.4 is 0 Å². The van der Waals surface area contributed by atoms with Crippen molar-refractivity contribution in [2.24, 2.45) is 4.99 Å². The topological polar surface area (TPSA) is 36.1 Å². The summed E-state index contributed by atoms with van der Waals surface area (Å²) >= 11 is 5.87. The molecule has 2 nitrogen and oxygen atoms in total. The Bertz CT molecular complexity index is 346. The normalized spacial score (nSPS) is 11.0. The van der Waals surface area contributed by atoms with Crippen LogP contribution in [0.15, 0.2) is 29.3 Å². The standard InChI is InChI=1S/C10H9ClN2/c1-2-13-10(11)9-5-3-8(7-12)4-6-9/h3-6H,2H2,1H3. The number of benzene rings is 1. The number of nitriles is 1. The summed E-state index contributed by atoms with van der Waals surface area (Å²) in [6.45, 7) is 2.59. The van der Waals surface area contributed by atoms with Crippen LogP contribution >= 0.6 is 11.6 Å². The van der Waals surface area contributed by atoms with Gasteiger partial charge in [-0.05, 0) is 19.1 Å². The minimum absolute atomic E-state index is 0.493. The summed E-state index contributed by atoms with van der Waals surface area (Å²) in [5.74, 6) is 0. The fourth-order valence-electron chi connectivity index (χ4n) is 0.912. The zero-order valence-electron chi connectivity index (χ0n) is 7.29. The lowest BCUT2D eigenvalue weighted by molar-refractivity contribution is 1.14. The molecule has 0 aliphatic carbocycles. The van der Waals surface area contributed by atoms with Gasteiger partial charge in [0.2, 0.25) is 0 Å². The van der Waals surface area contributed by atoms with Gasteiger partial charge in [0, 0.05) is 12.1 Å². The van der Waals surface area contributed by atoms with Gasteiger partial charge in [0.1, 0.15) is 5.17 Å². The molecule has 66 valence electrons. The van der Waals surface area contributed by atoms with Crippen molar-refractivity contribution in [1.29, 1.82) is 5.26 Å². The highest BCUT2D eigenvalue weighted by atomic mass is 35.5. The molecule has 0 saturated carbocycles. The Morgan fingerprint density at radius 1 is 1.46 bits per heavy atom. The summed E-state index contributed by atoms with van der Waals surface area (Å²) in [6.07, 6.45) is 0. The Morgan fingerprint density at radius 3 is 2.54 bits per heavy atom. The second-order valence-electron chi connectivity index (χ2n) is 2.45. The van der Waals surface area contributed by atoms with Gasteiger partial charge in [-0.1, -0.05) is 23.7 Å². The molecule has 3 heteroatoms. The van der Waals surface area contributed by atoms with Gasteiger partial charge in [0.05, 0.1) is 11.6 Å². The molecule has 0 fully saturated rings. The Balaban J connectivity index is 2.94. The van der Waals surface area contributed by atoms with Crippen molar-refractivity contribution in [1.82, 2.24) is 0 Å². The van der Waals surface area contributed by atoms with Crippen LogP contribution in [-0.2, 0) is 0 Å². The lowest BCUT2D eigenvalue weighted by Crippen LogP contribution is -1.91. The fraction of sp³-hybridized carbons (Fsp3) is 0.200. The molecule has 0 aliphatic rings. The quantitative estimate of drug-likeness (QED) is 0.664. The van der Waals surface area contributed by atoms with Crippen molar-refractivity contribution in [3.8, 4) is 6.07 Å². The van der Waals surface area contributed by atoms with Gasteiger partial charge < -0.3 is 0 Å². The summed E-state index contributed by atoms with van der Waals surface area (Å²) in [5.41, 5.74) is 1.48. The highest BCUT2D eigenvalue weighted by molar-refractivity contribution is 6.69. The Morgan fingerprint density at radius 2 is 2.08 bits per heavy atom. The summed E-state index contributed by atoms with van der Waals surface area (Å²) < 4.78 is 0. The number of halogens is 1. The van der Waals surface area contributed by atoms with E-state index >= 15 is 0 Å². The van der Waals surface area contributed by atoms with Crippen molar-refractivity contribution in [3.05, 3.63) is 35.4 Å². The van der Waals surface area contributed by atoms with Crippen LogP contribution in [-0.4, -0.2) is 11.7 Å². The maximum Gasteiger partial charge on any atom is 0.130 e. The molecular formula is C10H9ClN2. The first kappa shape index (κ1) is 9.76. The molecule has 0 aliphatic heterocycles. The third kappa shape index (κ3) is 2.57. The molecule has 0 spiro atoms. The average molecular weight is 193 g/mol. The van der Waals surface area contributed by atoms with E-state index in [1.807, 2.05) is 13.0 Å². The highest BCUT2D eigenvalue weighted by Crippen LogP contribution is 2.07. The highest BCUT2D eigenvalue weighted by Gasteiger charge is 1.98. The lowest BCUT2D eigenvalue weighted by atomic mass is 10.2. The summed E-state index contributed by atoms with van der Waals surface area (Å²) in [4.78, 5) is 4.05. The molecule has 0 atom stereocenters. The van der Waals surface area contributed by atoms with Crippen LogP contribution in [0.5, 0.6) is 0 Å². The minimum Gasteiger partial charge on any atom is -0.273 e. The minimum atomic E-state index is 0.493. The van der Waals surface area contributed by atoms with E-state index in [-0.39, 0.29) is 0 Å². The van der Waals surface area contributed by atoms with Crippen LogP contribution in [0.25, 0.3) is 0 Å². The third-order valence-corrected chi connectivity index (χ3v) is 1.89. The molecule has 0 N–H and O–H groups in total. The molecule has 1 aromatic rings. The molecule has 0 bridgehead atoms. The van der Waals surface area contributed by atoms with Crippen LogP contribution in [0.3, 0.4) is 0 Å². The number of hydrogen-bond donors (Lipinski definition) is 0. The fourth-order valence-corrected chi connectivity index (χ4v) is 1.16. The largest absolute Gasteiger partial charge is 0.273 e. The van der Waals surface area contributed by atoms with Crippen LogP contribution in [0.1, 0.15) is 18.1 Å². The van der Waals surface area contributed by atoms with Gasteiger partial charge in [-0.25, -0.2) is 0 Å². The number of hydrogen-bond acceptors (Lipinski definition) is 2. The Labute approximate surface area is 82.5 Å². The van der Waals surface area contributed by atoms with Gasteiger partial charge in [-0.15, -0.1) is 0 Å². The van der Waals surface area contributed by atoms with E-state index < -0.39 is 0 Å². The van der Waals surface area contributed by atoms with Gasteiger partial charge in [0.15, 0.2) is 0 Å². The Kier molecular flexibility index (Phi) is 3.48. The zero-order valence-corrected chi connectivity index (χ0v) is 8.04. The van der Waals surface area contributed by atoms with E-state index in [0.717, 1.165) is 5.56 Å². The van der Waals surface area contributed by atoms with Gasteiger partial charge in [0.25, 0.3) is 0 Å². The SMILES string of the molecule is CCN=C(Cl)c1ccc(C#N)cc1. The molecule has 0 heterocycles. The maximum absolute atomic E-state index is 8.56. The van der Waals surface area contributed by atoms with Crippen LogP contribution in [0.2, 0.25) is 0 Å². The van der Waals surface area contributed by atoms with E-state index in [9.17, 15) is 0 Å². The van der Waals surface area contributed by atoms with Gasteiger partial charge in [-0.2, -0.15) is 5.26 Å². The molecule has 13 heavy (non-hydrogen) atoms. The van der Waals surface area contributed by atoms with Crippen molar-refractivity contribution in [2.75, 3.05) is 6.54 Å². The molecule has 0 unspecified atom stereocenters. The second kappa shape index (κ2) is 4.64. The second-order valence-corrected chi connectivity index (χ2v) is 2.81. The molecule has 0 saturated heterocycles. The van der Waals surface area contributed by atoms with E-state index in [1.54, 1.807) is 24.3 Å². The molecule has 0 radical (unpaired) electrons. The monoisotopic (exact) mass is 192 g/mol. The van der Waals surface area contributed by atoms with E-state index in [4.69, 9.17) is 16.9 Å². The van der Waals surface area contributed by atoms with Gasteiger partial charge >= 0.3 is 0 Å². The van der Waals surface area contributed by atoms with E-state index in [0.29, 0.717) is 17.3 Å². The van der Waals surface area contributed by atoms with Crippen molar-refractivity contribution >= 4 is 16.8 Å². The predicted molar refractivity (Wildman–Crippen MR) is 54.1 cm³/mol. The average Bonchev–Trinajstić information content (AvgIpc) is 2.18. The first-order valence-corrected chi connectivity index (χ1v) is 4.36. The number of aliphatic imine (C=N–C) groups is 1. The summed E-state index contributed by atoms with van der Waals surface area (Å²) in [7, 11) is 0. The third-order valence-electron chi connectivity index (χ3n) is 1.55. The number of rotatable bonds is 2. The first-order chi connectivity index (χ1) is 6.27. The molecule has 0 amide bonds. The molecular weight excluding hydrogens is 184 g/mol. The summed E-state index contributed by atoms with van der Waals surface area (Å²) in [6, 6.07) is 9.08. The molecule has 1 aromatic carbocycles. The Hall–Kier alpha value is -1.33. The van der Waals surface area contributed by atoms with Gasteiger partial charge in [-0.3, -0.25) is 4.99 Å². The summed E-state index contributed by atoms with van der Waals surface area (Å²) in [5, 5.41) is 9.05. The van der Waals surface area contributed by atoms with Crippen LogP contribution in [0, 0.1) is 11.3 Å². The first-order valence-electron chi connectivity index (χ1n) is 3.98. The van der Waals surface area contributed by atoms with Crippen molar-refractivity contribution in [3.63, 3.8) is 0 Å². The zero-order chi connectivity index (χ0) is 9.68. The van der Waals surface area contributed by atoms with E-state index in [1.165, 1.54) is 0 Å². The smallest absolute Gasteiger partial charge is 0.130 e. The maximum atomic E-state index is 8.56. The lowest BCUT2D eigenvalue weighted by Gasteiger charge is -1.97. The van der Waals surface area contributed by atoms with E-state index in [2.05, 4.69) is 4.99 Å². The predicted octanol–water partition coefficient (Wildman–Crippen LogP) is 2.56. The number of nitrogens with zero attached hydrogens (tertiary/aromatic N) is 2. The molecule has 0 aromatic heterocycles. The van der Waals surface area contributed by atoms with Crippen molar-refractivity contribution in [2.45, 2.75) is 6.92 Å².